The van der Waals surface area contributed by atoms with Crippen molar-refractivity contribution in [2.75, 3.05) is 31.8 Å². The number of hydrazine groups is 1. The number of ether oxygens (including phenoxy) is 1. The number of unbranched alkanes of at least 4 members (excludes halogenated alkanes) is 2. The summed E-state index contributed by atoms with van der Waals surface area (Å²) in [6.07, 6.45) is 5.51. The molecule has 0 spiro atoms. The lowest BCUT2D eigenvalue weighted by Crippen LogP contribution is -2.48. The van der Waals surface area contributed by atoms with Crippen LogP contribution in [0.4, 0.5) is 11.4 Å². The molecule has 0 bridgehead atoms. The van der Waals surface area contributed by atoms with Gasteiger partial charge in [0.15, 0.2) is 0 Å². The number of hydrogen-bond donors (Lipinski definition) is 0. The van der Waals surface area contributed by atoms with Gasteiger partial charge in [0.05, 0.1) is 23.1 Å². The lowest BCUT2D eigenvalue weighted by molar-refractivity contribution is -0.383. The smallest absolute Gasteiger partial charge is 0.305 e. The van der Waals surface area contributed by atoms with Crippen LogP contribution in [0.15, 0.2) is 36.4 Å². The first-order chi connectivity index (χ1) is 13.6. The van der Waals surface area contributed by atoms with E-state index in [1.165, 1.54) is 7.11 Å². The normalized spacial score (nSPS) is 15.0. The van der Waals surface area contributed by atoms with Crippen LogP contribution in [0.5, 0.6) is 0 Å². The second-order valence-electron chi connectivity index (χ2n) is 7.08. The average molecular weight is 385 g/mol. The molecule has 0 unspecified atom stereocenters. The molecule has 1 saturated heterocycles. The summed E-state index contributed by atoms with van der Waals surface area (Å²) in [5.41, 5.74) is 1.17. The first-order valence-electron chi connectivity index (χ1n) is 9.87. The Bertz CT molecular complexity index is 840. The number of nitro groups is 1. The van der Waals surface area contributed by atoms with Crippen molar-refractivity contribution in [2.45, 2.75) is 38.5 Å². The highest BCUT2D eigenvalue weighted by Crippen LogP contribution is 2.35. The predicted octanol–water partition coefficient (Wildman–Crippen LogP) is 4.30. The maximum Gasteiger partial charge on any atom is 0.305 e. The molecule has 2 aromatic carbocycles. The summed E-state index contributed by atoms with van der Waals surface area (Å²) in [6, 6.07) is 11.0. The van der Waals surface area contributed by atoms with Crippen LogP contribution in [0.2, 0.25) is 0 Å². The Morgan fingerprint density at radius 2 is 1.82 bits per heavy atom. The maximum absolute atomic E-state index is 11.4. The Morgan fingerprint density at radius 3 is 2.57 bits per heavy atom. The standard InChI is InChI=1S/C21H27N3O4/c1-28-21(25)11-3-2-6-14-22-15-7-8-16-23(22)19-12-13-20(24(26)27)18-10-5-4-9-17(18)19/h4-5,9-10,12-13H,2-3,6-8,11,14-16H2,1H3. The van der Waals surface area contributed by atoms with Crippen molar-refractivity contribution in [3.63, 3.8) is 0 Å². The first kappa shape index (κ1) is 20.1. The third-order valence-corrected chi connectivity index (χ3v) is 5.26. The van der Waals surface area contributed by atoms with Gasteiger partial charge in [-0.1, -0.05) is 24.6 Å². The van der Waals surface area contributed by atoms with E-state index >= 15 is 0 Å². The molecule has 0 atom stereocenters. The first-order valence-corrected chi connectivity index (χ1v) is 9.87. The van der Waals surface area contributed by atoms with Crippen LogP contribution in [0.25, 0.3) is 10.8 Å². The van der Waals surface area contributed by atoms with Gasteiger partial charge in [0.2, 0.25) is 0 Å². The van der Waals surface area contributed by atoms with Crippen molar-refractivity contribution < 1.29 is 14.5 Å². The minimum absolute atomic E-state index is 0.144. The Kier molecular flexibility index (Phi) is 6.81. The second-order valence-corrected chi connectivity index (χ2v) is 7.08. The van der Waals surface area contributed by atoms with Gasteiger partial charge in [0.1, 0.15) is 0 Å². The molecule has 1 heterocycles. The monoisotopic (exact) mass is 385 g/mol. The molecule has 1 fully saturated rings. The zero-order valence-electron chi connectivity index (χ0n) is 16.3. The number of carbonyl (C=O) groups excluding carboxylic acids is 1. The summed E-state index contributed by atoms with van der Waals surface area (Å²) in [4.78, 5) is 22.3. The number of nitro benzene ring substituents is 1. The van der Waals surface area contributed by atoms with Crippen molar-refractivity contribution in [2.24, 2.45) is 0 Å². The van der Waals surface area contributed by atoms with E-state index in [9.17, 15) is 14.9 Å². The van der Waals surface area contributed by atoms with Crippen LogP contribution in [0.3, 0.4) is 0 Å². The molecule has 0 N–H and O–H groups in total. The van der Waals surface area contributed by atoms with Crippen molar-refractivity contribution in [1.82, 2.24) is 5.01 Å². The molecule has 2 aromatic rings. The minimum atomic E-state index is -0.318. The van der Waals surface area contributed by atoms with Gasteiger partial charge in [-0.25, -0.2) is 5.01 Å². The van der Waals surface area contributed by atoms with Gasteiger partial charge in [0, 0.05) is 37.5 Å². The Balaban J connectivity index is 1.74. The quantitative estimate of drug-likeness (QED) is 0.292. The number of nitrogens with zero attached hydrogens (tertiary/aromatic N) is 3. The average Bonchev–Trinajstić information content (AvgIpc) is 2.72. The summed E-state index contributed by atoms with van der Waals surface area (Å²) in [7, 11) is 1.42. The van der Waals surface area contributed by atoms with Crippen molar-refractivity contribution in [1.29, 1.82) is 0 Å². The minimum Gasteiger partial charge on any atom is -0.469 e. The van der Waals surface area contributed by atoms with Crippen LogP contribution in [-0.4, -0.2) is 42.6 Å². The van der Waals surface area contributed by atoms with Gasteiger partial charge in [-0.3, -0.25) is 14.9 Å². The van der Waals surface area contributed by atoms with Crippen LogP contribution in [0.1, 0.15) is 38.5 Å². The molecule has 0 saturated carbocycles. The van der Waals surface area contributed by atoms with Crippen LogP contribution in [-0.2, 0) is 9.53 Å². The van der Waals surface area contributed by atoms with E-state index in [0.717, 1.165) is 62.8 Å². The second kappa shape index (κ2) is 9.50. The molecule has 1 aliphatic heterocycles. The Hall–Kier alpha value is -2.67. The molecule has 1 aliphatic rings. The molecule has 0 aliphatic carbocycles. The molecule has 3 rings (SSSR count). The lowest BCUT2D eigenvalue weighted by atomic mass is 10.1. The predicted molar refractivity (Wildman–Crippen MR) is 109 cm³/mol. The number of anilines is 1. The van der Waals surface area contributed by atoms with Crippen molar-refractivity contribution in [3.05, 3.63) is 46.5 Å². The van der Waals surface area contributed by atoms with E-state index < -0.39 is 0 Å². The summed E-state index contributed by atoms with van der Waals surface area (Å²) in [6.45, 7) is 2.79. The molecule has 0 amide bonds. The van der Waals surface area contributed by atoms with Gasteiger partial charge in [-0.2, -0.15) is 0 Å². The summed E-state index contributed by atoms with van der Waals surface area (Å²) in [5.74, 6) is -0.156. The van der Waals surface area contributed by atoms with Gasteiger partial charge < -0.3 is 9.75 Å². The number of hydrogen-bond acceptors (Lipinski definition) is 6. The van der Waals surface area contributed by atoms with E-state index in [2.05, 4.69) is 14.8 Å². The number of non-ortho nitro benzene ring substituents is 1. The highest BCUT2D eigenvalue weighted by molar-refractivity contribution is 5.99. The molecule has 7 nitrogen and oxygen atoms in total. The molecule has 0 radical (unpaired) electrons. The highest BCUT2D eigenvalue weighted by atomic mass is 16.6. The number of carbonyl (C=O) groups is 1. The summed E-state index contributed by atoms with van der Waals surface area (Å²) < 4.78 is 4.68. The third kappa shape index (κ3) is 4.59. The van der Waals surface area contributed by atoms with E-state index in [-0.39, 0.29) is 16.6 Å². The topological polar surface area (TPSA) is 75.9 Å². The van der Waals surface area contributed by atoms with E-state index in [4.69, 9.17) is 0 Å². The van der Waals surface area contributed by atoms with Gasteiger partial charge in [-0.15, -0.1) is 0 Å². The Morgan fingerprint density at radius 1 is 1.07 bits per heavy atom. The van der Waals surface area contributed by atoms with Crippen LogP contribution in [0, 0.1) is 10.1 Å². The zero-order chi connectivity index (χ0) is 19.9. The van der Waals surface area contributed by atoms with Crippen molar-refractivity contribution in [3.8, 4) is 0 Å². The van der Waals surface area contributed by atoms with E-state index in [0.29, 0.717) is 11.8 Å². The fourth-order valence-corrected chi connectivity index (χ4v) is 3.82. The molecule has 150 valence electrons. The maximum atomic E-state index is 11.4. The fourth-order valence-electron chi connectivity index (χ4n) is 3.82. The van der Waals surface area contributed by atoms with Gasteiger partial charge in [0.25, 0.3) is 5.69 Å². The fraction of sp³-hybridized carbons (Fsp3) is 0.476. The van der Waals surface area contributed by atoms with Crippen LogP contribution < -0.4 is 5.01 Å². The number of rotatable bonds is 8. The number of benzene rings is 2. The van der Waals surface area contributed by atoms with E-state index in [1.54, 1.807) is 6.07 Å². The number of esters is 1. The largest absolute Gasteiger partial charge is 0.469 e. The van der Waals surface area contributed by atoms with Gasteiger partial charge >= 0.3 is 5.97 Å². The summed E-state index contributed by atoms with van der Waals surface area (Å²) in [5, 5.41) is 17.6. The third-order valence-electron chi connectivity index (χ3n) is 5.26. The summed E-state index contributed by atoms with van der Waals surface area (Å²) >= 11 is 0. The van der Waals surface area contributed by atoms with Crippen molar-refractivity contribution >= 4 is 28.1 Å². The lowest BCUT2D eigenvalue weighted by Gasteiger charge is -2.41. The number of methoxy groups -OCH3 is 1. The SMILES string of the molecule is COC(=O)CCCCCN1CCCCN1c1ccc([N+](=O)[O-])c2ccccc12. The van der Waals surface area contributed by atoms with E-state index in [1.807, 2.05) is 30.3 Å². The number of fused-ring (bicyclic) bond motifs is 1. The van der Waals surface area contributed by atoms with Gasteiger partial charge in [-0.05, 0) is 37.8 Å². The molecule has 7 heteroatoms. The molecular formula is C21H27N3O4. The molecular weight excluding hydrogens is 358 g/mol. The molecule has 28 heavy (non-hydrogen) atoms. The highest BCUT2D eigenvalue weighted by Gasteiger charge is 2.23. The Labute approximate surface area is 165 Å². The van der Waals surface area contributed by atoms with Crippen LogP contribution >= 0.6 is 0 Å². The zero-order valence-corrected chi connectivity index (χ0v) is 16.3. The molecule has 0 aromatic heterocycles.